The Morgan fingerprint density at radius 1 is 0.857 bits per heavy atom. The molecule has 0 aliphatic rings. The van der Waals surface area contributed by atoms with Crippen LogP contribution < -0.4 is 14.8 Å². The molecule has 5 heteroatoms. The molecule has 0 fully saturated rings. The first kappa shape index (κ1) is 19.5. The molecular formula is C23H20ClNO3. The van der Waals surface area contributed by atoms with Gasteiger partial charge in [-0.05, 0) is 42.0 Å². The highest BCUT2D eigenvalue weighted by molar-refractivity contribution is 6.32. The van der Waals surface area contributed by atoms with Crippen molar-refractivity contribution >= 4 is 29.3 Å². The van der Waals surface area contributed by atoms with E-state index in [1.54, 1.807) is 24.3 Å². The molecule has 1 amide bonds. The molecule has 4 nitrogen and oxygen atoms in total. The summed E-state index contributed by atoms with van der Waals surface area (Å²) in [7, 11) is 0. The molecule has 3 aromatic rings. The molecule has 28 heavy (non-hydrogen) atoms. The molecular weight excluding hydrogens is 374 g/mol. The van der Waals surface area contributed by atoms with Crippen molar-refractivity contribution in [2.45, 2.75) is 0 Å². The average Bonchev–Trinajstić information content (AvgIpc) is 2.72. The minimum Gasteiger partial charge on any atom is -0.490 e. The molecule has 0 unspecified atom stereocenters. The van der Waals surface area contributed by atoms with Crippen LogP contribution in [0.5, 0.6) is 11.5 Å². The van der Waals surface area contributed by atoms with Crippen LogP contribution in [0.4, 0.5) is 5.69 Å². The number of benzene rings is 3. The van der Waals surface area contributed by atoms with Crippen LogP contribution >= 0.6 is 11.6 Å². The fourth-order valence-corrected chi connectivity index (χ4v) is 2.66. The number of carbonyl (C=O) groups excluding carboxylic acids is 1. The number of carbonyl (C=O) groups is 1. The van der Waals surface area contributed by atoms with Crippen molar-refractivity contribution < 1.29 is 14.3 Å². The molecule has 0 atom stereocenters. The largest absolute Gasteiger partial charge is 0.490 e. The molecule has 0 saturated carbocycles. The topological polar surface area (TPSA) is 47.6 Å². The lowest BCUT2D eigenvalue weighted by Crippen LogP contribution is -2.10. The molecule has 3 rings (SSSR count). The zero-order valence-corrected chi connectivity index (χ0v) is 15.9. The molecule has 142 valence electrons. The van der Waals surface area contributed by atoms with Crippen molar-refractivity contribution in [2.75, 3.05) is 18.5 Å². The number of anilines is 1. The second-order valence-electron chi connectivity index (χ2n) is 5.88. The number of para-hydroxylation sites is 1. The number of hydrogen-bond donors (Lipinski definition) is 1. The van der Waals surface area contributed by atoms with E-state index in [9.17, 15) is 4.79 Å². The van der Waals surface area contributed by atoms with E-state index >= 15 is 0 Å². The maximum atomic E-state index is 12.1. The minimum atomic E-state index is -0.246. The summed E-state index contributed by atoms with van der Waals surface area (Å²) in [5.41, 5.74) is 1.44. The maximum Gasteiger partial charge on any atom is 0.248 e. The van der Waals surface area contributed by atoms with Crippen molar-refractivity contribution in [3.63, 3.8) is 0 Å². The van der Waals surface area contributed by atoms with E-state index in [0.717, 1.165) is 11.3 Å². The summed E-state index contributed by atoms with van der Waals surface area (Å²) in [5.74, 6) is 1.21. The van der Waals surface area contributed by atoms with E-state index in [4.69, 9.17) is 21.1 Å². The van der Waals surface area contributed by atoms with Gasteiger partial charge in [0.15, 0.2) is 0 Å². The molecule has 0 aliphatic carbocycles. The molecule has 0 saturated heterocycles. The summed E-state index contributed by atoms with van der Waals surface area (Å²) in [4.78, 5) is 12.1. The van der Waals surface area contributed by atoms with E-state index in [0.29, 0.717) is 29.7 Å². The molecule has 0 aromatic heterocycles. The van der Waals surface area contributed by atoms with Gasteiger partial charge in [-0.15, -0.1) is 0 Å². The van der Waals surface area contributed by atoms with Crippen LogP contribution in [0.25, 0.3) is 6.08 Å². The standard InChI is InChI=1S/C23H20ClNO3/c24-22-12-5-4-7-18(22)13-14-23(26)25-19-8-6-11-21(17-19)28-16-15-27-20-9-2-1-3-10-20/h1-14,17H,15-16H2,(H,25,26)/b14-13+. The molecule has 3 aromatic carbocycles. The first-order chi connectivity index (χ1) is 13.7. The molecule has 0 heterocycles. The lowest BCUT2D eigenvalue weighted by molar-refractivity contribution is -0.111. The first-order valence-corrected chi connectivity index (χ1v) is 9.23. The Kier molecular flexibility index (Phi) is 7.10. The van der Waals surface area contributed by atoms with E-state index in [1.165, 1.54) is 6.08 Å². The lowest BCUT2D eigenvalue weighted by atomic mass is 10.2. The van der Waals surface area contributed by atoms with E-state index in [2.05, 4.69) is 5.32 Å². The van der Waals surface area contributed by atoms with Gasteiger partial charge in [0, 0.05) is 22.9 Å². The predicted octanol–water partition coefficient (Wildman–Crippen LogP) is 5.45. The maximum absolute atomic E-state index is 12.1. The van der Waals surface area contributed by atoms with Crippen molar-refractivity contribution in [2.24, 2.45) is 0 Å². The number of ether oxygens (including phenoxy) is 2. The number of halogens is 1. The molecule has 1 N–H and O–H groups in total. The van der Waals surface area contributed by atoms with E-state index < -0.39 is 0 Å². The lowest BCUT2D eigenvalue weighted by Gasteiger charge is -2.09. The van der Waals surface area contributed by atoms with Gasteiger partial charge in [-0.1, -0.05) is 54.1 Å². The van der Waals surface area contributed by atoms with Gasteiger partial charge in [-0.2, -0.15) is 0 Å². The number of nitrogens with one attached hydrogen (secondary N) is 1. The first-order valence-electron chi connectivity index (χ1n) is 8.85. The van der Waals surface area contributed by atoms with E-state index in [1.807, 2.05) is 60.7 Å². The third kappa shape index (κ3) is 6.18. The van der Waals surface area contributed by atoms with Crippen LogP contribution in [0.2, 0.25) is 5.02 Å². The molecule has 0 aliphatic heterocycles. The number of rotatable bonds is 8. The monoisotopic (exact) mass is 393 g/mol. The van der Waals surface area contributed by atoms with Crippen molar-refractivity contribution in [3.05, 3.63) is 95.5 Å². The smallest absolute Gasteiger partial charge is 0.248 e. The SMILES string of the molecule is O=C(/C=C/c1ccccc1Cl)Nc1cccc(OCCOc2ccccc2)c1. The van der Waals surface area contributed by atoms with Gasteiger partial charge in [0.2, 0.25) is 5.91 Å². The summed E-state index contributed by atoms with van der Waals surface area (Å²) in [5, 5.41) is 3.41. The van der Waals surface area contributed by atoms with Gasteiger partial charge < -0.3 is 14.8 Å². The second kappa shape index (κ2) is 10.2. The Bertz CT molecular complexity index is 941. The van der Waals surface area contributed by atoms with Gasteiger partial charge in [0.1, 0.15) is 24.7 Å². The summed E-state index contributed by atoms with van der Waals surface area (Å²) >= 11 is 6.08. The highest BCUT2D eigenvalue weighted by Crippen LogP contribution is 2.19. The minimum absolute atomic E-state index is 0.246. The third-order valence-corrected chi connectivity index (χ3v) is 4.13. The zero-order chi connectivity index (χ0) is 19.6. The Labute approximate surface area is 169 Å². The van der Waals surface area contributed by atoms with E-state index in [-0.39, 0.29) is 5.91 Å². The normalized spacial score (nSPS) is 10.6. The number of amides is 1. The van der Waals surface area contributed by atoms with Gasteiger partial charge in [-0.25, -0.2) is 0 Å². The molecule has 0 radical (unpaired) electrons. The number of hydrogen-bond acceptors (Lipinski definition) is 3. The van der Waals surface area contributed by atoms with Crippen molar-refractivity contribution in [1.29, 1.82) is 0 Å². The van der Waals surface area contributed by atoms with Gasteiger partial charge in [-0.3, -0.25) is 4.79 Å². The van der Waals surface area contributed by atoms with Crippen LogP contribution in [0.15, 0.2) is 84.9 Å². The molecule has 0 spiro atoms. The quantitative estimate of drug-likeness (QED) is 0.409. The summed E-state index contributed by atoms with van der Waals surface area (Å²) in [6.07, 6.45) is 3.13. The fraction of sp³-hybridized carbons (Fsp3) is 0.0870. The van der Waals surface area contributed by atoms with Crippen LogP contribution in [-0.4, -0.2) is 19.1 Å². The van der Waals surface area contributed by atoms with Gasteiger partial charge >= 0.3 is 0 Å². The highest BCUT2D eigenvalue weighted by atomic mass is 35.5. The Balaban J connectivity index is 1.48. The summed E-state index contributed by atoms with van der Waals surface area (Å²) in [6.45, 7) is 0.833. The van der Waals surface area contributed by atoms with Gasteiger partial charge in [0.25, 0.3) is 0 Å². The Morgan fingerprint density at radius 2 is 1.54 bits per heavy atom. The third-order valence-electron chi connectivity index (χ3n) is 3.79. The fourth-order valence-electron chi connectivity index (χ4n) is 2.46. The van der Waals surface area contributed by atoms with Crippen LogP contribution in [0.3, 0.4) is 0 Å². The molecule has 0 bridgehead atoms. The summed E-state index contributed by atoms with van der Waals surface area (Å²) < 4.78 is 11.3. The highest BCUT2D eigenvalue weighted by Gasteiger charge is 2.02. The van der Waals surface area contributed by atoms with Crippen LogP contribution in [0, 0.1) is 0 Å². The Morgan fingerprint density at radius 3 is 2.32 bits per heavy atom. The van der Waals surface area contributed by atoms with Crippen molar-refractivity contribution in [3.8, 4) is 11.5 Å². The predicted molar refractivity (Wildman–Crippen MR) is 113 cm³/mol. The van der Waals surface area contributed by atoms with Gasteiger partial charge in [0.05, 0.1) is 0 Å². The summed E-state index contributed by atoms with van der Waals surface area (Å²) in [6, 6.07) is 24.1. The zero-order valence-electron chi connectivity index (χ0n) is 15.2. The van der Waals surface area contributed by atoms with Crippen LogP contribution in [0.1, 0.15) is 5.56 Å². The average molecular weight is 394 g/mol. The second-order valence-corrected chi connectivity index (χ2v) is 6.29. The Hall–Kier alpha value is -3.24. The van der Waals surface area contributed by atoms with Crippen molar-refractivity contribution in [1.82, 2.24) is 0 Å². The van der Waals surface area contributed by atoms with Crippen LogP contribution in [-0.2, 0) is 4.79 Å².